The molecule has 3 rings (SSSR count). The Bertz CT molecular complexity index is 918. The molecule has 2 aromatic heterocycles. The summed E-state index contributed by atoms with van der Waals surface area (Å²) in [6, 6.07) is 11.2. The van der Waals surface area contributed by atoms with Gasteiger partial charge in [0.15, 0.2) is 5.65 Å². The first-order chi connectivity index (χ1) is 13.6. The zero-order valence-electron chi connectivity index (χ0n) is 16.7. The molecule has 0 aliphatic rings. The lowest BCUT2D eigenvalue weighted by Gasteiger charge is -2.13. The maximum atomic E-state index is 12.2. The van der Waals surface area contributed by atoms with Crippen molar-refractivity contribution >= 4 is 22.8 Å². The van der Waals surface area contributed by atoms with Gasteiger partial charge in [-0.25, -0.2) is 9.97 Å². The number of aromatic nitrogens is 3. The van der Waals surface area contributed by atoms with Crippen molar-refractivity contribution in [2.24, 2.45) is 0 Å². The number of fused-ring (bicyclic) bond motifs is 1. The quantitative estimate of drug-likeness (QED) is 0.617. The molecule has 0 bridgehead atoms. The number of carbonyl (C=O) groups excluding carboxylic acids is 1. The minimum atomic E-state index is -0.000700. The number of aryl methyl sites for hydroxylation is 1. The van der Waals surface area contributed by atoms with Crippen molar-refractivity contribution in [3.8, 4) is 5.75 Å². The Morgan fingerprint density at radius 1 is 1.21 bits per heavy atom. The number of pyridine rings is 1. The van der Waals surface area contributed by atoms with Crippen LogP contribution < -0.4 is 10.1 Å². The van der Waals surface area contributed by atoms with Gasteiger partial charge in [-0.1, -0.05) is 0 Å². The molecule has 3 aromatic rings. The number of hydrogen-bond acceptors (Lipinski definition) is 5. The second-order valence-corrected chi connectivity index (χ2v) is 6.96. The molecule has 0 radical (unpaired) electrons. The third-order valence-corrected chi connectivity index (χ3v) is 4.53. The van der Waals surface area contributed by atoms with Crippen LogP contribution in [0.15, 0.2) is 42.6 Å². The van der Waals surface area contributed by atoms with Crippen LogP contribution in [-0.4, -0.2) is 53.1 Å². The topological polar surface area (TPSA) is 72.3 Å². The molecule has 7 nitrogen and oxygen atoms in total. The Hall–Kier alpha value is -2.93. The fraction of sp³-hybridized carbons (Fsp3) is 0.381. The number of methoxy groups -OCH3 is 1. The van der Waals surface area contributed by atoms with Crippen molar-refractivity contribution in [3.05, 3.63) is 48.4 Å². The standard InChI is InChI=1S/C21H27N5O2/c1-25(2)14-15-26-19(24-18-6-5-13-22-21(18)26)7-4-8-20(27)23-16-9-11-17(28-3)12-10-16/h5-6,9-13H,4,7-8,14-15H2,1-3H3,(H,23,27). The molecule has 1 aromatic carbocycles. The largest absolute Gasteiger partial charge is 0.497 e. The highest BCUT2D eigenvalue weighted by Gasteiger charge is 2.12. The number of benzene rings is 1. The van der Waals surface area contributed by atoms with Crippen LogP contribution in [0.4, 0.5) is 5.69 Å². The minimum Gasteiger partial charge on any atom is -0.497 e. The number of ether oxygens (including phenoxy) is 1. The van der Waals surface area contributed by atoms with Crippen LogP contribution >= 0.6 is 0 Å². The molecular formula is C21H27N5O2. The molecule has 1 N–H and O–H groups in total. The van der Waals surface area contributed by atoms with E-state index in [2.05, 4.69) is 33.9 Å². The zero-order chi connectivity index (χ0) is 19.9. The average molecular weight is 381 g/mol. The Kier molecular flexibility index (Phi) is 6.60. The van der Waals surface area contributed by atoms with E-state index in [4.69, 9.17) is 9.72 Å². The highest BCUT2D eigenvalue weighted by Crippen LogP contribution is 2.17. The van der Waals surface area contributed by atoms with E-state index < -0.39 is 0 Å². The van der Waals surface area contributed by atoms with Crippen molar-refractivity contribution in [3.63, 3.8) is 0 Å². The molecule has 7 heteroatoms. The molecule has 0 spiro atoms. The van der Waals surface area contributed by atoms with Crippen LogP contribution in [0.5, 0.6) is 5.75 Å². The first-order valence-electron chi connectivity index (χ1n) is 9.45. The molecule has 0 saturated heterocycles. The van der Waals surface area contributed by atoms with Gasteiger partial charge in [0.05, 0.1) is 7.11 Å². The number of anilines is 1. The molecular weight excluding hydrogens is 354 g/mol. The summed E-state index contributed by atoms with van der Waals surface area (Å²) in [6.07, 6.45) is 3.70. The molecule has 0 fully saturated rings. The van der Waals surface area contributed by atoms with Crippen LogP contribution in [0.1, 0.15) is 18.7 Å². The second kappa shape index (κ2) is 9.32. The monoisotopic (exact) mass is 381 g/mol. The van der Waals surface area contributed by atoms with Gasteiger partial charge in [0, 0.05) is 37.8 Å². The number of nitrogens with zero attached hydrogens (tertiary/aromatic N) is 4. The van der Waals surface area contributed by atoms with Gasteiger partial charge in [-0.05, 0) is 56.9 Å². The number of rotatable bonds is 9. The number of amides is 1. The molecule has 0 unspecified atom stereocenters. The highest BCUT2D eigenvalue weighted by molar-refractivity contribution is 5.90. The first kappa shape index (κ1) is 19.8. The normalized spacial score (nSPS) is 11.1. The molecule has 0 aliphatic heterocycles. The molecule has 0 atom stereocenters. The van der Waals surface area contributed by atoms with E-state index in [9.17, 15) is 4.79 Å². The van der Waals surface area contributed by atoms with Crippen LogP contribution in [0, 0.1) is 0 Å². The maximum Gasteiger partial charge on any atom is 0.224 e. The third-order valence-electron chi connectivity index (χ3n) is 4.53. The lowest BCUT2D eigenvalue weighted by atomic mass is 10.2. The lowest BCUT2D eigenvalue weighted by Crippen LogP contribution is -2.20. The van der Waals surface area contributed by atoms with Gasteiger partial charge < -0.3 is 19.5 Å². The number of nitrogens with one attached hydrogen (secondary N) is 1. The predicted octanol–water partition coefficient (Wildman–Crippen LogP) is 2.96. The molecule has 2 heterocycles. The van der Waals surface area contributed by atoms with E-state index in [0.717, 1.165) is 54.4 Å². The molecule has 1 amide bonds. The summed E-state index contributed by atoms with van der Waals surface area (Å²) in [5.41, 5.74) is 2.58. The summed E-state index contributed by atoms with van der Waals surface area (Å²) in [5, 5.41) is 2.92. The Balaban J connectivity index is 1.59. The summed E-state index contributed by atoms with van der Waals surface area (Å²) in [5.74, 6) is 1.75. The number of likely N-dealkylation sites (N-methyl/N-ethyl adjacent to an activating group) is 1. The fourth-order valence-corrected chi connectivity index (χ4v) is 3.04. The van der Waals surface area contributed by atoms with E-state index in [1.54, 1.807) is 13.3 Å². The fourth-order valence-electron chi connectivity index (χ4n) is 3.04. The average Bonchev–Trinajstić information content (AvgIpc) is 3.04. The van der Waals surface area contributed by atoms with Crippen molar-refractivity contribution < 1.29 is 9.53 Å². The molecule has 0 aliphatic carbocycles. The number of carbonyl (C=O) groups is 1. The van der Waals surface area contributed by atoms with E-state index in [1.165, 1.54) is 0 Å². The van der Waals surface area contributed by atoms with Crippen molar-refractivity contribution in [1.29, 1.82) is 0 Å². The van der Waals surface area contributed by atoms with Crippen molar-refractivity contribution in [2.45, 2.75) is 25.8 Å². The SMILES string of the molecule is COc1ccc(NC(=O)CCCc2nc3cccnc3n2CCN(C)C)cc1. The van der Waals surface area contributed by atoms with Crippen LogP contribution in [0.2, 0.25) is 0 Å². The van der Waals surface area contributed by atoms with Crippen LogP contribution in [0.3, 0.4) is 0 Å². The summed E-state index contributed by atoms with van der Waals surface area (Å²) in [4.78, 5) is 23.6. The van der Waals surface area contributed by atoms with Gasteiger partial charge in [-0.2, -0.15) is 0 Å². The van der Waals surface area contributed by atoms with Gasteiger partial charge in [0.2, 0.25) is 5.91 Å². The molecule has 148 valence electrons. The number of hydrogen-bond donors (Lipinski definition) is 1. The van der Waals surface area contributed by atoms with Gasteiger partial charge in [0.25, 0.3) is 0 Å². The van der Waals surface area contributed by atoms with Crippen molar-refractivity contribution in [1.82, 2.24) is 19.4 Å². The van der Waals surface area contributed by atoms with Gasteiger partial charge in [0.1, 0.15) is 17.1 Å². The Morgan fingerprint density at radius 3 is 2.71 bits per heavy atom. The maximum absolute atomic E-state index is 12.2. The summed E-state index contributed by atoms with van der Waals surface area (Å²) >= 11 is 0. The van der Waals surface area contributed by atoms with E-state index in [-0.39, 0.29) is 5.91 Å². The van der Waals surface area contributed by atoms with Gasteiger partial charge in [-0.15, -0.1) is 0 Å². The van der Waals surface area contributed by atoms with E-state index in [1.807, 2.05) is 36.4 Å². The van der Waals surface area contributed by atoms with Crippen LogP contribution in [0.25, 0.3) is 11.2 Å². The van der Waals surface area contributed by atoms with Crippen molar-refractivity contribution in [2.75, 3.05) is 33.1 Å². The van der Waals surface area contributed by atoms with Crippen LogP contribution in [-0.2, 0) is 17.8 Å². The molecule has 0 saturated carbocycles. The second-order valence-electron chi connectivity index (χ2n) is 6.96. The molecule has 28 heavy (non-hydrogen) atoms. The number of imidazole rings is 1. The highest BCUT2D eigenvalue weighted by atomic mass is 16.5. The Morgan fingerprint density at radius 2 is 2.00 bits per heavy atom. The third kappa shape index (κ3) is 5.07. The Labute approximate surface area is 165 Å². The summed E-state index contributed by atoms with van der Waals surface area (Å²) in [6.45, 7) is 1.74. The summed E-state index contributed by atoms with van der Waals surface area (Å²) in [7, 11) is 5.72. The van der Waals surface area contributed by atoms with E-state index in [0.29, 0.717) is 6.42 Å². The van der Waals surface area contributed by atoms with Gasteiger partial charge >= 0.3 is 0 Å². The first-order valence-corrected chi connectivity index (χ1v) is 9.45. The summed E-state index contributed by atoms with van der Waals surface area (Å²) < 4.78 is 7.29. The zero-order valence-corrected chi connectivity index (χ0v) is 16.7. The smallest absolute Gasteiger partial charge is 0.224 e. The minimum absolute atomic E-state index is 0.000700. The lowest BCUT2D eigenvalue weighted by molar-refractivity contribution is -0.116. The predicted molar refractivity (Wildman–Crippen MR) is 111 cm³/mol. The van der Waals surface area contributed by atoms with Gasteiger partial charge in [-0.3, -0.25) is 4.79 Å². The van der Waals surface area contributed by atoms with E-state index >= 15 is 0 Å².